The predicted molar refractivity (Wildman–Crippen MR) is 114 cm³/mol. The standard InChI is InChI=1S/C14H12N2S.C6H15N3O/c1-9-8-10(6-7-11(9)15)14-16-12-4-2-3-5-13(12)17-14;7-4-2-1-3-5(8)6(9)10/h2-8H,15H2,1H3;5H,1-4,7-8H2,(H2,9,10)/t;5-/m.0/s1. The first-order valence-electron chi connectivity index (χ1n) is 8.89. The van der Waals surface area contributed by atoms with Crippen molar-refractivity contribution in [2.45, 2.75) is 32.2 Å². The van der Waals surface area contributed by atoms with E-state index in [-0.39, 0.29) is 0 Å². The van der Waals surface area contributed by atoms with Gasteiger partial charge in [0, 0.05) is 11.3 Å². The number of hydrogen-bond acceptors (Lipinski definition) is 6. The Hall–Kier alpha value is -2.48. The molecule has 1 amide bonds. The topological polar surface area (TPSA) is 134 Å². The van der Waals surface area contributed by atoms with E-state index in [0.29, 0.717) is 13.0 Å². The molecule has 144 valence electrons. The molecule has 0 fully saturated rings. The van der Waals surface area contributed by atoms with Crippen LogP contribution in [0.15, 0.2) is 42.5 Å². The van der Waals surface area contributed by atoms with Crippen LogP contribution >= 0.6 is 11.3 Å². The first-order chi connectivity index (χ1) is 12.9. The highest BCUT2D eigenvalue weighted by molar-refractivity contribution is 7.21. The number of carbonyl (C=O) groups excluding carboxylic acids is 1. The van der Waals surface area contributed by atoms with Crippen molar-refractivity contribution >= 4 is 33.1 Å². The summed E-state index contributed by atoms with van der Waals surface area (Å²) in [5.41, 5.74) is 25.4. The Morgan fingerprint density at radius 1 is 1.19 bits per heavy atom. The number of amides is 1. The Kier molecular flexibility index (Phi) is 7.72. The number of nitrogens with two attached hydrogens (primary N) is 4. The highest BCUT2D eigenvalue weighted by Gasteiger charge is 2.07. The monoisotopic (exact) mass is 385 g/mol. The molecule has 0 aliphatic rings. The van der Waals surface area contributed by atoms with E-state index in [1.54, 1.807) is 11.3 Å². The number of anilines is 1. The number of aromatic nitrogens is 1. The molecule has 8 N–H and O–H groups in total. The van der Waals surface area contributed by atoms with Crippen molar-refractivity contribution in [1.82, 2.24) is 4.98 Å². The van der Waals surface area contributed by atoms with Crippen LogP contribution in [0.2, 0.25) is 0 Å². The lowest BCUT2D eigenvalue weighted by Crippen LogP contribution is -2.36. The summed E-state index contributed by atoms with van der Waals surface area (Å²) in [6.45, 7) is 2.66. The fourth-order valence-electron chi connectivity index (χ4n) is 2.46. The number of hydrogen-bond donors (Lipinski definition) is 4. The van der Waals surface area contributed by atoms with Gasteiger partial charge in [-0.1, -0.05) is 18.6 Å². The van der Waals surface area contributed by atoms with Crippen molar-refractivity contribution in [2.24, 2.45) is 17.2 Å². The van der Waals surface area contributed by atoms with E-state index in [2.05, 4.69) is 17.1 Å². The molecule has 0 bridgehead atoms. The minimum Gasteiger partial charge on any atom is -0.399 e. The first-order valence-corrected chi connectivity index (χ1v) is 9.71. The van der Waals surface area contributed by atoms with Crippen LogP contribution in [0.3, 0.4) is 0 Å². The molecule has 0 radical (unpaired) electrons. The molecule has 2 aromatic carbocycles. The van der Waals surface area contributed by atoms with Crippen LogP contribution in [0.25, 0.3) is 20.8 Å². The fraction of sp³-hybridized carbons (Fsp3) is 0.300. The number of nitrogen functional groups attached to an aromatic ring is 1. The Morgan fingerprint density at radius 3 is 2.56 bits per heavy atom. The molecular formula is C20H27N5OS. The molecule has 3 rings (SSSR count). The summed E-state index contributed by atoms with van der Waals surface area (Å²) in [6, 6.07) is 13.8. The van der Waals surface area contributed by atoms with Crippen LogP contribution in [0.1, 0.15) is 24.8 Å². The lowest BCUT2D eigenvalue weighted by atomic mass is 10.1. The normalized spacial score (nSPS) is 11.7. The third-order valence-electron chi connectivity index (χ3n) is 4.15. The van der Waals surface area contributed by atoms with Crippen LogP contribution in [0.4, 0.5) is 5.69 Å². The Labute approximate surface area is 163 Å². The van der Waals surface area contributed by atoms with Crippen LogP contribution in [-0.4, -0.2) is 23.5 Å². The molecule has 1 atom stereocenters. The van der Waals surface area contributed by atoms with Gasteiger partial charge in [0.1, 0.15) is 5.01 Å². The first kappa shape index (κ1) is 20.8. The maximum Gasteiger partial charge on any atom is 0.234 e. The highest BCUT2D eigenvalue weighted by Crippen LogP contribution is 2.31. The molecule has 27 heavy (non-hydrogen) atoms. The molecule has 0 saturated carbocycles. The van der Waals surface area contributed by atoms with E-state index in [1.807, 2.05) is 37.3 Å². The molecule has 1 heterocycles. The van der Waals surface area contributed by atoms with Crippen molar-refractivity contribution in [3.63, 3.8) is 0 Å². The van der Waals surface area contributed by atoms with Gasteiger partial charge >= 0.3 is 0 Å². The van der Waals surface area contributed by atoms with Gasteiger partial charge in [-0.3, -0.25) is 4.79 Å². The summed E-state index contributed by atoms with van der Waals surface area (Å²) in [7, 11) is 0. The number of benzene rings is 2. The maximum atomic E-state index is 10.4. The maximum absolute atomic E-state index is 10.4. The van der Waals surface area contributed by atoms with Crippen molar-refractivity contribution in [1.29, 1.82) is 0 Å². The Balaban J connectivity index is 0.000000227. The summed E-state index contributed by atoms with van der Waals surface area (Å²) in [5.74, 6) is -0.433. The zero-order chi connectivity index (χ0) is 19.8. The van der Waals surface area contributed by atoms with Crippen LogP contribution in [-0.2, 0) is 4.79 Å². The van der Waals surface area contributed by atoms with Gasteiger partial charge in [-0.2, -0.15) is 0 Å². The second-order valence-electron chi connectivity index (χ2n) is 6.35. The zero-order valence-corrected chi connectivity index (χ0v) is 16.3. The van der Waals surface area contributed by atoms with Crippen molar-refractivity contribution in [2.75, 3.05) is 12.3 Å². The van der Waals surface area contributed by atoms with Gasteiger partial charge < -0.3 is 22.9 Å². The lowest BCUT2D eigenvalue weighted by molar-refractivity contribution is -0.119. The van der Waals surface area contributed by atoms with E-state index in [0.717, 1.165) is 40.2 Å². The summed E-state index contributed by atoms with van der Waals surface area (Å²) < 4.78 is 1.22. The SMILES string of the molecule is Cc1cc(-c2nc3ccccc3s2)ccc1N.NCCCC[C@H](N)C(N)=O. The summed E-state index contributed by atoms with van der Waals surface area (Å²) >= 11 is 1.71. The molecule has 3 aromatic rings. The molecule has 1 aromatic heterocycles. The molecule has 0 saturated heterocycles. The van der Waals surface area contributed by atoms with Gasteiger partial charge in [0.05, 0.1) is 16.3 Å². The van der Waals surface area contributed by atoms with Crippen LogP contribution in [0, 0.1) is 6.92 Å². The molecule has 0 unspecified atom stereocenters. The molecule has 0 spiro atoms. The van der Waals surface area contributed by atoms with E-state index in [4.69, 9.17) is 22.9 Å². The van der Waals surface area contributed by atoms with Gasteiger partial charge in [-0.15, -0.1) is 11.3 Å². The molecule has 0 aliphatic heterocycles. The van der Waals surface area contributed by atoms with E-state index < -0.39 is 11.9 Å². The van der Waals surface area contributed by atoms with Crippen molar-refractivity contribution in [3.05, 3.63) is 48.0 Å². The fourth-order valence-corrected chi connectivity index (χ4v) is 3.42. The van der Waals surface area contributed by atoms with Crippen LogP contribution < -0.4 is 22.9 Å². The lowest BCUT2D eigenvalue weighted by Gasteiger charge is -2.04. The Bertz CT molecular complexity index is 860. The average Bonchev–Trinajstić information content (AvgIpc) is 3.08. The van der Waals surface area contributed by atoms with Gasteiger partial charge in [-0.25, -0.2) is 4.98 Å². The van der Waals surface area contributed by atoms with Gasteiger partial charge in [0.25, 0.3) is 0 Å². The predicted octanol–water partition coefficient (Wildman–Crippen LogP) is 2.78. The number of primary amides is 1. The summed E-state index contributed by atoms with van der Waals surface area (Å²) in [6.07, 6.45) is 2.42. The number of thiazole rings is 1. The number of nitrogens with zero attached hydrogens (tertiary/aromatic N) is 1. The van der Waals surface area contributed by atoms with E-state index in [9.17, 15) is 4.79 Å². The minimum atomic E-state index is -0.494. The van der Waals surface area contributed by atoms with Gasteiger partial charge in [0.15, 0.2) is 0 Å². The van der Waals surface area contributed by atoms with Crippen molar-refractivity contribution < 1.29 is 4.79 Å². The second kappa shape index (κ2) is 10.0. The third-order valence-corrected chi connectivity index (χ3v) is 5.23. The molecule has 6 nitrogen and oxygen atoms in total. The minimum absolute atomic E-state index is 0.433. The van der Waals surface area contributed by atoms with Gasteiger partial charge in [-0.05, 0) is 62.2 Å². The number of fused-ring (bicyclic) bond motifs is 1. The number of unbranched alkanes of at least 4 members (excludes halogenated alkanes) is 1. The summed E-state index contributed by atoms with van der Waals surface area (Å²) in [5, 5.41) is 1.05. The van der Waals surface area contributed by atoms with E-state index >= 15 is 0 Å². The summed E-state index contributed by atoms with van der Waals surface area (Å²) in [4.78, 5) is 15.0. The molecule has 7 heteroatoms. The molecular weight excluding hydrogens is 358 g/mol. The average molecular weight is 386 g/mol. The number of rotatable bonds is 6. The number of carbonyl (C=O) groups is 1. The van der Waals surface area contributed by atoms with Crippen molar-refractivity contribution in [3.8, 4) is 10.6 Å². The Morgan fingerprint density at radius 2 is 1.93 bits per heavy atom. The highest BCUT2D eigenvalue weighted by atomic mass is 32.1. The smallest absolute Gasteiger partial charge is 0.234 e. The number of aryl methyl sites for hydroxylation is 1. The van der Waals surface area contributed by atoms with E-state index in [1.165, 1.54) is 4.70 Å². The largest absolute Gasteiger partial charge is 0.399 e. The van der Waals surface area contributed by atoms with Crippen LogP contribution in [0.5, 0.6) is 0 Å². The molecule has 0 aliphatic carbocycles. The third kappa shape index (κ3) is 6.02. The quantitative estimate of drug-likeness (QED) is 0.382. The number of para-hydroxylation sites is 1. The zero-order valence-electron chi connectivity index (χ0n) is 15.5. The van der Waals surface area contributed by atoms with Gasteiger partial charge in [0.2, 0.25) is 5.91 Å². The second-order valence-corrected chi connectivity index (χ2v) is 7.38.